The van der Waals surface area contributed by atoms with Crippen molar-refractivity contribution >= 4 is 31.9 Å². The van der Waals surface area contributed by atoms with E-state index in [1.807, 2.05) is 10.9 Å². The van der Waals surface area contributed by atoms with Crippen molar-refractivity contribution in [1.29, 1.82) is 0 Å². The lowest BCUT2D eigenvalue weighted by Gasteiger charge is -2.21. The van der Waals surface area contributed by atoms with E-state index in [-0.39, 0.29) is 5.54 Å². The van der Waals surface area contributed by atoms with Gasteiger partial charge in [0.2, 0.25) is 0 Å². The van der Waals surface area contributed by atoms with Gasteiger partial charge in [-0.3, -0.25) is 0 Å². The second-order valence-electron chi connectivity index (χ2n) is 5.48. The number of nitrogens with zero attached hydrogens (tertiary/aromatic N) is 2. The van der Waals surface area contributed by atoms with Crippen molar-refractivity contribution in [1.82, 2.24) is 15.1 Å². The second-order valence-corrected chi connectivity index (χ2v) is 7.31. The van der Waals surface area contributed by atoms with Crippen LogP contribution in [0.5, 0.6) is 0 Å². The molecular formula is C14H17Br2N3. The van der Waals surface area contributed by atoms with Crippen LogP contribution in [0.4, 0.5) is 0 Å². The van der Waals surface area contributed by atoms with Gasteiger partial charge in [0, 0.05) is 22.8 Å². The molecule has 3 nitrogen and oxygen atoms in total. The first-order valence-corrected chi connectivity index (χ1v) is 7.68. The summed E-state index contributed by atoms with van der Waals surface area (Å²) >= 11 is 6.95. The first kappa shape index (κ1) is 14.8. The summed E-state index contributed by atoms with van der Waals surface area (Å²) in [5.74, 6) is 0. The lowest BCUT2D eigenvalue weighted by Crippen LogP contribution is -2.35. The third-order valence-corrected chi connectivity index (χ3v) is 3.56. The predicted molar refractivity (Wildman–Crippen MR) is 85.6 cm³/mol. The van der Waals surface area contributed by atoms with E-state index >= 15 is 0 Å². The summed E-state index contributed by atoms with van der Waals surface area (Å²) in [6.07, 6.45) is 3.75. The van der Waals surface area contributed by atoms with Crippen LogP contribution in [0.3, 0.4) is 0 Å². The molecule has 0 saturated heterocycles. The van der Waals surface area contributed by atoms with E-state index in [0.29, 0.717) is 0 Å². The van der Waals surface area contributed by atoms with Crippen molar-refractivity contribution in [2.24, 2.45) is 0 Å². The Morgan fingerprint density at radius 2 is 1.95 bits per heavy atom. The van der Waals surface area contributed by atoms with Crippen molar-refractivity contribution in [2.75, 3.05) is 0 Å². The zero-order valence-electron chi connectivity index (χ0n) is 11.2. The molecule has 0 unspecified atom stereocenters. The Morgan fingerprint density at radius 1 is 1.21 bits per heavy atom. The van der Waals surface area contributed by atoms with Gasteiger partial charge in [-0.25, -0.2) is 4.68 Å². The van der Waals surface area contributed by atoms with Gasteiger partial charge in [0.1, 0.15) is 0 Å². The molecule has 0 amide bonds. The summed E-state index contributed by atoms with van der Waals surface area (Å²) in [4.78, 5) is 0. The van der Waals surface area contributed by atoms with Gasteiger partial charge < -0.3 is 5.32 Å². The minimum Gasteiger partial charge on any atom is -0.308 e. The molecule has 0 spiro atoms. The number of hydrogen-bond donors (Lipinski definition) is 1. The summed E-state index contributed by atoms with van der Waals surface area (Å²) in [7, 11) is 0. The average Bonchev–Trinajstić information content (AvgIpc) is 2.73. The van der Waals surface area contributed by atoms with E-state index in [4.69, 9.17) is 0 Å². The Labute approximate surface area is 130 Å². The molecule has 0 radical (unpaired) electrons. The highest BCUT2D eigenvalue weighted by molar-refractivity contribution is 9.10. The van der Waals surface area contributed by atoms with Crippen LogP contribution >= 0.6 is 31.9 Å². The molecule has 0 bridgehead atoms. The van der Waals surface area contributed by atoms with Gasteiger partial charge in [-0.05, 0) is 54.4 Å². The van der Waals surface area contributed by atoms with Gasteiger partial charge >= 0.3 is 0 Å². The molecular weight excluding hydrogens is 370 g/mol. The Bertz CT molecular complexity index is 570. The zero-order chi connectivity index (χ0) is 14.0. The first-order valence-electron chi connectivity index (χ1n) is 6.09. The first-order chi connectivity index (χ1) is 8.85. The molecule has 2 aromatic rings. The quantitative estimate of drug-likeness (QED) is 0.852. The number of hydrogen-bond acceptors (Lipinski definition) is 2. The molecule has 0 aliphatic rings. The lowest BCUT2D eigenvalue weighted by atomic mass is 10.1. The standard InChI is InChI=1S/C14H17Br2N3/c1-14(2,3)17-7-10-4-5-11(15)6-13(10)19-9-12(16)8-18-19/h4-6,8-9,17H,7H2,1-3H3. The van der Waals surface area contributed by atoms with Crippen LogP contribution in [0, 0.1) is 0 Å². The molecule has 19 heavy (non-hydrogen) atoms. The van der Waals surface area contributed by atoms with Gasteiger partial charge in [0.25, 0.3) is 0 Å². The summed E-state index contributed by atoms with van der Waals surface area (Å²) in [5, 5.41) is 7.86. The molecule has 0 aliphatic heterocycles. The topological polar surface area (TPSA) is 29.9 Å². The molecule has 0 saturated carbocycles. The molecule has 0 aliphatic carbocycles. The zero-order valence-corrected chi connectivity index (χ0v) is 14.4. The van der Waals surface area contributed by atoms with Crippen LogP contribution in [0.15, 0.2) is 39.5 Å². The van der Waals surface area contributed by atoms with Gasteiger partial charge in [-0.2, -0.15) is 5.10 Å². The van der Waals surface area contributed by atoms with Crippen LogP contribution in [-0.2, 0) is 6.54 Å². The highest BCUT2D eigenvalue weighted by atomic mass is 79.9. The predicted octanol–water partition coefficient (Wildman–Crippen LogP) is 4.29. The monoisotopic (exact) mass is 385 g/mol. The van der Waals surface area contributed by atoms with Gasteiger partial charge in [-0.1, -0.05) is 22.0 Å². The minimum atomic E-state index is 0.0923. The molecule has 5 heteroatoms. The summed E-state index contributed by atoms with van der Waals surface area (Å²) in [5.41, 5.74) is 2.39. The summed E-state index contributed by atoms with van der Waals surface area (Å²) in [6.45, 7) is 7.30. The highest BCUT2D eigenvalue weighted by Crippen LogP contribution is 2.22. The van der Waals surface area contributed by atoms with Crippen molar-refractivity contribution in [3.05, 3.63) is 45.1 Å². The summed E-state index contributed by atoms with van der Waals surface area (Å²) in [6, 6.07) is 6.26. The number of nitrogens with one attached hydrogen (secondary N) is 1. The molecule has 0 fully saturated rings. The third-order valence-electron chi connectivity index (χ3n) is 2.65. The van der Waals surface area contributed by atoms with Gasteiger partial charge in [0.05, 0.1) is 16.4 Å². The van der Waals surface area contributed by atoms with E-state index in [2.05, 4.69) is 81.2 Å². The van der Waals surface area contributed by atoms with Crippen molar-refractivity contribution in [3.63, 3.8) is 0 Å². The molecule has 2 rings (SSSR count). The normalized spacial score (nSPS) is 11.8. The minimum absolute atomic E-state index is 0.0923. The van der Waals surface area contributed by atoms with Gasteiger partial charge in [-0.15, -0.1) is 0 Å². The molecule has 1 aromatic carbocycles. The average molecular weight is 387 g/mol. The Balaban J connectivity index is 2.33. The van der Waals surface area contributed by atoms with Crippen molar-refractivity contribution < 1.29 is 0 Å². The fourth-order valence-corrected chi connectivity index (χ4v) is 2.33. The Morgan fingerprint density at radius 3 is 2.53 bits per heavy atom. The van der Waals surface area contributed by atoms with Crippen LogP contribution in [-0.4, -0.2) is 15.3 Å². The van der Waals surface area contributed by atoms with Crippen molar-refractivity contribution in [3.8, 4) is 5.69 Å². The number of benzene rings is 1. The third kappa shape index (κ3) is 4.16. The van der Waals surface area contributed by atoms with E-state index in [1.165, 1.54) is 5.56 Å². The lowest BCUT2D eigenvalue weighted by molar-refractivity contribution is 0.424. The molecule has 1 aromatic heterocycles. The molecule has 0 atom stereocenters. The molecule has 1 N–H and O–H groups in total. The number of aromatic nitrogens is 2. The molecule has 1 heterocycles. The number of halogens is 2. The fourth-order valence-electron chi connectivity index (χ4n) is 1.69. The van der Waals surface area contributed by atoms with E-state index in [9.17, 15) is 0 Å². The summed E-state index contributed by atoms with van der Waals surface area (Å²) < 4.78 is 3.91. The maximum Gasteiger partial charge on any atom is 0.0702 e. The Hall–Kier alpha value is -0.650. The van der Waals surface area contributed by atoms with Gasteiger partial charge in [0.15, 0.2) is 0 Å². The van der Waals surface area contributed by atoms with E-state index in [1.54, 1.807) is 6.20 Å². The fraction of sp³-hybridized carbons (Fsp3) is 0.357. The highest BCUT2D eigenvalue weighted by Gasteiger charge is 2.12. The maximum absolute atomic E-state index is 4.35. The molecule has 102 valence electrons. The second kappa shape index (κ2) is 5.77. The van der Waals surface area contributed by atoms with E-state index in [0.717, 1.165) is 21.2 Å². The Kier molecular flexibility index (Phi) is 4.48. The van der Waals surface area contributed by atoms with Crippen LogP contribution in [0.1, 0.15) is 26.3 Å². The largest absolute Gasteiger partial charge is 0.308 e. The van der Waals surface area contributed by atoms with Crippen LogP contribution < -0.4 is 5.32 Å². The number of rotatable bonds is 3. The van der Waals surface area contributed by atoms with Crippen LogP contribution in [0.25, 0.3) is 5.69 Å². The van der Waals surface area contributed by atoms with E-state index < -0.39 is 0 Å². The maximum atomic E-state index is 4.35. The SMILES string of the molecule is CC(C)(C)NCc1ccc(Br)cc1-n1cc(Br)cn1. The van der Waals surface area contributed by atoms with Crippen LogP contribution in [0.2, 0.25) is 0 Å². The smallest absolute Gasteiger partial charge is 0.0702 e. The van der Waals surface area contributed by atoms with Crippen molar-refractivity contribution in [2.45, 2.75) is 32.9 Å².